The average Bonchev–Trinajstić information content (AvgIpc) is 4.07. The van der Waals surface area contributed by atoms with Crippen LogP contribution >= 0.6 is 0 Å². The minimum atomic E-state index is -0.540. The van der Waals surface area contributed by atoms with Crippen LogP contribution in [0.15, 0.2) is 243 Å². The molecular formula is C75H61N. The number of rotatable bonds is 8. The Bertz CT molecular complexity index is 3640. The normalized spacial score (nSPS) is 21.7. The van der Waals surface area contributed by atoms with E-state index in [0.717, 1.165) is 29.1 Å². The van der Waals surface area contributed by atoms with Gasteiger partial charge in [-0.1, -0.05) is 220 Å². The predicted octanol–water partition coefficient (Wildman–Crippen LogP) is 18.7. The van der Waals surface area contributed by atoms with Crippen LogP contribution in [-0.4, -0.2) is 0 Å². The van der Waals surface area contributed by atoms with Crippen LogP contribution in [0, 0.1) is 17.8 Å². The van der Waals surface area contributed by atoms with Crippen molar-refractivity contribution in [1.29, 1.82) is 0 Å². The molecule has 0 heterocycles. The number of hydrogen-bond donors (Lipinski definition) is 0. The van der Waals surface area contributed by atoms with Gasteiger partial charge in [0.15, 0.2) is 0 Å². The Hall–Kier alpha value is -8.00. The zero-order valence-corrected chi connectivity index (χ0v) is 43.5. The van der Waals surface area contributed by atoms with Gasteiger partial charge in [-0.05, 0) is 193 Å². The molecule has 7 aliphatic rings. The number of anilines is 3. The van der Waals surface area contributed by atoms with Crippen LogP contribution in [0.25, 0.3) is 33.4 Å². The first-order chi connectivity index (χ1) is 37.3. The first kappa shape index (κ1) is 44.3. The highest BCUT2D eigenvalue weighted by Crippen LogP contribution is 2.63. The quantitative estimate of drug-likeness (QED) is 0.147. The molecule has 1 heteroatoms. The lowest BCUT2D eigenvalue weighted by Gasteiger charge is -2.57. The fourth-order valence-corrected chi connectivity index (χ4v) is 17.2. The summed E-state index contributed by atoms with van der Waals surface area (Å²) in [6.45, 7) is 4.99. The molecule has 4 fully saturated rings. The van der Waals surface area contributed by atoms with Gasteiger partial charge >= 0.3 is 0 Å². The molecule has 1 nitrogen and oxygen atoms in total. The van der Waals surface area contributed by atoms with E-state index in [0.29, 0.717) is 5.41 Å². The minimum Gasteiger partial charge on any atom is -0.310 e. The SMILES string of the molecule is CC1(C)c2cc(N(c3ccc4c(c3)C(c3ccccc3)(c3ccccc3)c3ccccc3-4)c3ccc4c(c3)C(c3ccccc3)(c3ccccc3)c3ccccc3-4)ccc2-c2ccc(C34CC5CC(CC(C5)C3)C4)cc21. The summed E-state index contributed by atoms with van der Waals surface area (Å²) in [5.74, 6) is 2.74. The molecule has 0 radical (unpaired) electrons. The van der Waals surface area contributed by atoms with E-state index in [9.17, 15) is 0 Å². The maximum atomic E-state index is 2.69. The summed E-state index contributed by atoms with van der Waals surface area (Å²) in [5, 5.41) is 0. The van der Waals surface area contributed by atoms with Crippen molar-refractivity contribution < 1.29 is 0 Å². The number of benzene rings is 10. The molecule has 17 rings (SSSR count). The van der Waals surface area contributed by atoms with Gasteiger partial charge in [-0.15, -0.1) is 0 Å². The summed E-state index contributed by atoms with van der Waals surface area (Å²) in [4.78, 5) is 2.59. The minimum absolute atomic E-state index is 0.185. The van der Waals surface area contributed by atoms with E-state index in [1.807, 2.05) is 0 Å². The Morgan fingerprint density at radius 3 is 1.01 bits per heavy atom. The topological polar surface area (TPSA) is 3.24 Å². The number of nitrogens with zero attached hydrogens (tertiary/aromatic N) is 1. The summed E-state index contributed by atoms with van der Waals surface area (Å²) < 4.78 is 0. The van der Waals surface area contributed by atoms with Gasteiger partial charge in [-0.2, -0.15) is 0 Å². The second-order valence-corrected chi connectivity index (χ2v) is 24.2. The molecule has 0 spiro atoms. The molecule has 366 valence electrons. The molecule has 0 atom stereocenters. The van der Waals surface area contributed by atoms with Crippen LogP contribution in [-0.2, 0) is 21.7 Å². The summed E-state index contributed by atoms with van der Waals surface area (Å²) in [6, 6.07) is 93.2. The van der Waals surface area contributed by atoms with Crippen molar-refractivity contribution >= 4 is 17.1 Å². The molecule has 76 heavy (non-hydrogen) atoms. The summed E-state index contributed by atoms with van der Waals surface area (Å²) >= 11 is 0. The third-order valence-electron chi connectivity index (χ3n) is 20.0. The first-order valence-corrected chi connectivity index (χ1v) is 28.2. The van der Waals surface area contributed by atoms with Gasteiger partial charge in [0.2, 0.25) is 0 Å². The van der Waals surface area contributed by atoms with Gasteiger partial charge in [0.05, 0.1) is 10.8 Å². The van der Waals surface area contributed by atoms with Crippen LogP contribution in [0.1, 0.15) is 114 Å². The lowest BCUT2D eigenvalue weighted by molar-refractivity contribution is -0.00522. The van der Waals surface area contributed by atoms with E-state index in [1.165, 1.54) is 133 Å². The van der Waals surface area contributed by atoms with E-state index >= 15 is 0 Å². The molecule has 10 aromatic carbocycles. The van der Waals surface area contributed by atoms with Crippen molar-refractivity contribution in [3.8, 4) is 33.4 Å². The average molecular weight is 976 g/mol. The summed E-state index contributed by atoms with van der Waals surface area (Å²) in [5.41, 5.74) is 25.3. The van der Waals surface area contributed by atoms with Crippen LogP contribution in [0.3, 0.4) is 0 Å². The standard InChI is InChI=1S/C75H61N/c1-72(2)68-42-56(73-46-49-39-50(47-73)41-51(40-49)48-73)31-35-62(68)63-36-32-57(43-69(63)72)76(58-33-37-64-60-27-15-17-29-66(60)74(70(64)44-58,52-19-7-3-8-20-52)53-21-9-4-10-22-53)59-34-38-65-61-28-16-18-30-67(61)75(71(65)45-59,54-23-11-5-12-24-54)55-25-13-6-14-26-55/h3-38,42-45,49-51H,39-41,46-48H2,1-2H3. The van der Waals surface area contributed by atoms with E-state index in [2.05, 4.69) is 261 Å². The highest BCUT2D eigenvalue weighted by atomic mass is 15.1. The molecule has 0 N–H and O–H groups in total. The molecular weight excluding hydrogens is 915 g/mol. The zero-order chi connectivity index (χ0) is 50.4. The molecule has 0 amide bonds. The predicted molar refractivity (Wildman–Crippen MR) is 313 cm³/mol. The molecule has 0 saturated heterocycles. The smallest absolute Gasteiger partial charge is 0.0714 e. The van der Waals surface area contributed by atoms with Crippen LogP contribution in [0.5, 0.6) is 0 Å². The number of fused-ring (bicyclic) bond motifs is 9. The fourth-order valence-electron chi connectivity index (χ4n) is 17.2. The highest BCUT2D eigenvalue weighted by Gasteiger charge is 2.53. The van der Waals surface area contributed by atoms with Crippen molar-refractivity contribution in [1.82, 2.24) is 0 Å². The lowest BCUT2D eigenvalue weighted by atomic mass is 9.48. The lowest BCUT2D eigenvalue weighted by Crippen LogP contribution is -2.48. The fraction of sp³-hybridized carbons (Fsp3) is 0.200. The molecule has 0 aliphatic heterocycles. The van der Waals surface area contributed by atoms with Gasteiger partial charge in [-0.25, -0.2) is 0 Å². The van der Waals surface area contributed by atoms with Gasteiger partial charge in [-0.3, -0.25) is 0 Å². The monoisotopic (exact) mass is 975 g/mol. The van der Waals surface area contributed by atoms with Crippen molar-refractivity contribution in [2.45, 2.75) is 74.0 Å². The Labute approximate surface area is 448 Å². The maximum absolute atomic E-state index is 2.69. The largest absolute Gasteiger partial charge is 0.310 e. The van der Waals surface area contributed by atoms with Gasteiger partial charge < -0.3 is 4.90 Å². The van der Waals surface area contributed by atoms with Gasteiger partial charge in [0, 0.05) is 22.5 Å². The number of hydrogen-bond acceptors (Lipinski definition) is 1. The van der Waals surface area contributed by atoms with E-state index in [-0.39, 0.29) is 5.41 Å². The third-order valence-corrected chi connectivity index (χ3v) is 20.0. The van der Waals surface area contributed by atoms with Crippen LogP contribution < -0.4 is 4.90 Å². The van der Waals surface area contributed by atoms with Gasteiger partial charge in [0.25, 0.3) is 0 Å². The molecule has 0 aromatic heterocycles. The van der Waals surface area contributed by atoms with E-state index in [4.69, 9.17) is 0 Å². The zero-order valence-electron chi connectivity index (χ0n) is 43.5. The molecule has 0 unspecified atom stereocenters. The van der Waals surface area contributed by atoms with Crippen molar-refractivity contribution in [3.63, 3.8) is 0 Å². The summed E-state index contributed by atoms with van der Waals surface area (Å²) in [7, 11) is 0. The van der Waals surface area contributed by atoms with Crippen molar-refractivity contribution in [3.05, 3.63) is 304 Å². The summed E-state index contributed by atoms with van der Waals surface area (Å²) in [6.07, 6.45) is 8.55. The molecule has 7 aliphatic carbocycles. The van der Waals surface area contributed by atoms with Gasteiger partial charge in [0.1, 0.15) is 0 Å². The Morgan fingerprint density at radius 2 is 0.605 bits per heavy atom. The molecule has 4 saturated carbocycles. The van der Waals surface area contributed by atoms with Crippen LogP contribution in [0.4, 0.5) is 17.1 Å². The Balaban J connectivity index is 0.927. The van der Waals surface area contributed by atoms with Crippen LogP contribution in [0.2, 0.25) is 0 Å². The van der Waals surface area contributed by atoms with Crippen molar-refractivity contribution in [2.24, 2.45) is 17.8 Å². The maximum Gasteiger partial charge on any atom is 0.0714 e. The second kappa shape index (κ2) is 16.3. The second-order valence-electron chi connectivity index (χ2n) is 24.2. The van der Waals surface area contributed by atoms with E-state index < -0.39 is 10.8 Å². The van der Waals surface area contributed by atoms with E-state index in [1.54, 1.807) is 5.56 Å². The Morgan fingerprint density at radius 1 is 0.289 bits per heavy atom. The van der Waals surface area contributed by atoms with Crippen molar-refractivity contribution in [2.75, 3.05) is 4.90 Å². The highest BCUT2D eigenvalue weighted by molar-refractivity contribution is 5.93. The Kier molecular flexibility index (Phi) is 9.48. The molecule has 4 bridgehead atoms. The first-order valence-electron chi connectivity index (χ1n) is 28.2. The third kappa shape index (κ3) is 6.03. The molecule has 10 aromatic rings.